The summed E-state index contributed by atoms with van der Waals surface area (Å²) in [5.41, 5.74) is 7.93. The van der Waals surface area contributed by atoms with Crippen LogP contribution in [0.1, 0.15) is 43.0 Å². The van der Waals surface area contributed by atoms with E-state index in [9.17, 15) is 0 Å². The highest BCUT2D eigenvalue weighted by Crippen LogP contribution is 2.41. The number of ether oxygens (including phenoxy) is 1. The van der Waals surface area contributed by atoms with Gasteiger partial charge in [0.25, 0.3) is 0 Å². The minimum atomic E-state index is 0.324. The minimum absolute atomic E-state index is 0.324. The topological polar surface area (TPSA) is 66.0 Å². The van der Waals surface area contributed by atoms with Crippen LogP contribution in [0.3, 0.4) is 0 Å². The van der Waals surface area contributed by atoms with Crippen molar-refractivity contribution in [3.8, 4) is 0 Å². The summed E-state index contributed by atoms with van der Waals surface area (Å²) in [5.74, 6) is 0.648. The molecule has 1 saturated carbocycles. The van der Waals surface area contributed by atoms with E-state index >= 15 is 0 Å². The van der Waals surface area contributed by atoms with E-state index in [4.69, 9.17) is 10.5 Å². The van der Waals surface area contributed by atoms with Crippen molar-refractivity contribution < 1.29 is 4.74 Å². The van der Waals surface area contributed by atoms with Gasteiger partial charge in [0.05, 0.1) is 24.0 Å². The van der Waals surface area contributed by atoms with Crippen molar-refractivity contribution in [3.63, 3.8) is 0 Å². The molecule has 2 aliphatic rings. The molecule has 2 fully saturated rings. The molecule has 16 heavy (non-hydrogen) atoms. The van der Waals surface area contributed by atoms with Gasteiger partial charge in [-0.3, -0.25) is 0 Å². The number of hydrogen-bond acceptors (Lipinski definition) is 4. The average molecular weight is 222 g/mol. The van der Waals surface area contributed by atoms with E-state index in [-0.39, 0.29) is 0 Å². The average Bonchev–Trinajstić information content (AvgIpc) is 2.86. The van der Waals surface area contributed by atoms with Gasteiger partial charge in [-0.15, -0.1) is 5.10 Å². The van der Waals surface area contributed by atoms with Crippen LogP contribution in [0.2, 0.25) is 0 Å². The molecule has 1 saturated heterocycles. The van der Waals surface area contributed by atoms with E-state index in [1.165, 1.54) is 25.0 Å². The van der Waals surface area contributed by atoms with Crippen molar-refractivity contribution in [2.24, 2.45) is 5.73 Å². The largest absolute Gasteiger partial charge is 0.376 e. The highest BCUT2D eigenvalue weighted by atomic mass is 16.5. The molecule has 1 aromatic rings. The van der Waals surface area contributed by atoms with Gasteiger partial charge in [0.2, 0.25) is 0 Å². The second kappa shape index (κ2) is 4.14. The van der Waals surface area contributed by atoms with Crippen LogP contribution in [0, 0.1) is 0 Å². The lowest BCUT2D eigenvalue weighted by molar-refractivity contribution is 0.0927. The first kappa shape index (κ1) is 10.2. The summed E-state index contributed by atoms with van der Waals surface area (Å²) in [7, 11) is 0. The fraction of sp³-hybridized carbons (Fsp3) is 0.818. The smallest absolute Gasteiger partial charge is 0.0997 e. The van der Waals surface area contributed by atoms with Gasteiger partial charge in [-0.1, -0.05) is 5.21 Å². The predicted molar refractivity (Wildman–Crippen MR) is 58.9 cm³/mol. The van der Waals surface area contributed by atoms with Crippen LogP contribution in [0.4, 0.5) is 0 Å². The molecule has 2 N–H and O–H groups in total. The molecular weight excluding hydrogens is 204 g/mol. The van der Waals surface area contributed by atoms with Crippen LogP contribution < -0.4 is 5.73 Å². The predicted octanol–water partition coefficient (Wildman–Crippen LogP) is 0.793. The van der Waals surface area contributed by atoms with Crippen LogP contribution in [-0.4, -0.2) is 27.7 Å². The van der Waals surface area contributed by atoms with Crippen molar-refractivity contribution in [1.82, 2.24) is 15.0 Å². The fourth-order valence-corrected chi connectivity index (χ4v) is 2.42. The lowest BCUT2D eigenvalue weighted by atomic mass is 10.2. The first-order valence-electron chi connectivity index (χ1n) is 6.12. The molecule has 5 heteroatoms. The van der Waals surface area contributed by atoms with Crippen molar-refractivity contribution in [1.29, 1.82) is 0 Å². The third-order valence-corrected chi connectivity index (χ3v) is 3.41. The van der Waals surface area contributed by atoms with Crippen molar-refractivity contribution >= 4 is 0 Å². The van der Waals surface area contributed by atoms with Gasteiger partial charge in [0.1, 0.15) is 0 Å². The third kappa shape index (κ3) is 1.85. The first-order chi connectivity index (χ1) is 7.88. The molecule has 5 nitrogen and oxygen atoms in total. The molecule has 3 rings (SSSR count). The summed E-state index contributed by atoms with van der Waals surface area (Å²) >= 11 is 0. The maximum absolute atomic E-state index is 5.69. The molecule has 0 radical (unpaired) electrons. The van der Waals surface area contributed by atoms with E-state index in [0.29, 0.717) is 18.6 Å². The molecule has 0 aromatic carbocycles. The van der Waals surface area contributed by atoms with Crippen LogP contribution >= 0.6 is 0 Å². The summed E-state index contributed by atoms with van der Waals surface area (Å²) in [4.78, 5) is 0. The monoisotopic (exact) mass is 222 g/mol. The SMILES string of the molecule is NCc1nnn(CC2CCCO2)c1C1CC1. The van der Waals surface area contributed by atoms with Gasteiger partial charge in [0.15, 0.2) is 0 Å². The van der Waals surface area contributed by atoms with Gasteiger partial charge in [-0.2, -0.15) is 0 Å². The zero-order chi connectivity index (χ0) is 11.0. The highest BCUT2D eigenvalue weighted by Gasteiger charge is 2.31. The van der Waals surface area contributed by atoms with E-state index in [0.717, 1.165) is 25.3 Å². The molecule has 1 atom stereocenters. The van der Waals surface area contributed by atoms with Crippen LogP contribution in [-0.2, 0) is 17.8 Å². The zero-order valence-electron chi connectivity index (χ0n) is 9.43. The van der Waals surface area contributed by atoms with E-state index in [1.54, 1.807) is 0 Å². The number of rotatable bonds is 4. The number of aromatic nitrogens is 3. The minimum Gasteiger partial charge on any atom is -0.376 e. The highest BCUT2D eigenvalue weighted by molar-refractivity contribution is 5.20. The molecule has 1 aliphatic carbocycles. The molecule has 0 spiro atoms. The van der Waals surface area contributed by atoms with Gasteiger partial charge in [-0.25, -0.2) is 4.68 Å². The molecule has 88 valence electrons. The van der Waals surface area contributed by atoms with Crippen molar-refractivity contribution in [2.75, 3.05) is 6.61 Å². The molecule has 2 heterocycles. The first-order valence-corrected chi connectivity index (χ1v) is 6.12. The standard InChI is InChI=1S/C11H18N4O/c12-6-10-11(8-3-4-8)15(14-13-10)7-9-2-1-5-16-9/h8-9H,1-7,12H2. The fourth-order valence-electron chi connectivity index (χ4n) is 2.42. The molecule has 1 unspecified atom stereocenters. The van der Waals surface area contributed by atoms with Gasteiger partial charge in [0, 0.05) is 19.1 Å². The van der Waals surface area contributed by atoms with Gasteiger partial charge < -0.3 is 10.5 Å². The van der Waals surface area contributed by atoms with Crippen LogP contribution in [0.15, 0.2) is 0 Å². The van der Waals surface area contributed by atoms with Crippen molar-refractivity contribution in [3.05, 3.63) is 11.4 Å². The van der Waals surface area contributed by atoms with Crippen LogP contribution in [0.25, 0.3) is 0 Å². The van der Waals surface area contributed by atoms with Crippen LogP contribution in [0.5, 0.6) is 0 Å². The maximum atomic E-state index is 5.69. The Balaban J connectivity index is 1.79. The second-order valence-corrected chi connectivity index (χ2v) is 4.72. The Morgan fingerprint density at radius 3 is 2.88 bits per heavy atom. The van der Waals surface area contributed by atoms with E-state index in [1.807, 2.05) is 4.68 Å². The quantitative estimate of drug-likeness (QED) is 0.818. The van der Waals surface area contributed by atoms with E-state index < -0.39 is 0 Å². The van der Waals surface area contributed by atoms with E-state index in [2.05, 4.69) is 10.3 Å². The molecule has 1 aromatic heterocycles. The summed E-state index contributed by atoms with van der Waals surface area (Å²) in [5, 5.41) is 8.39. The summed E-state index contributed by atoms with van der Waals surface area (Å²) in [6.45, 7) is 2.23. The molecular formula is C11H18N4O. The molecule has 1 aliphatic heterocycles. The number of nitrogens with zero attached hydrogens (tertiary/aromatic N) is 3. The lowest BCUT2D eigenvalue weighted by Gasteiger charge is -2.11. The van der Waals surface area contributed by atoms with Gasteiger partial charge >= 0.3 is 0 Å². The Labute approximate surface area is 95.0 Å². The zero-order valence-corrected chi connectivity index (χ0v) is 9.43. The Hall–Kier alpha value is -0.940. The Morgan fingerprint density at radius 2 is 2.25 bits per heavy atom. The lowest BCUT2D eigenvalue weighted by Crippen LogP contribution is -2.18. The summed E-state index contributed by atoms with van der Waals surface area (Å²) < 4.78 is 7.66. The van der Waals surface area contributed by atoms with Gasteiger partial charge in [-0.05, 0) is 25.7 Å². The van der Waals surface area contributed by atoms with Crippen molar-refractivity contribution in [2.45, 2.75) is 50.8 Å². The number of nitrogens with two attached hydrogens (primary N) is 1. The Bertz CT molecular complexity index is 366. The second-order valence-electron chi connectivity index (χ2n) is 4.72. The molecule has 0 amide bonds. The third-order valence-electron chi connectivity index (χ3n) is 3.41. The number of hydrogen-bond donors (Lipinski definition) is 1. The summed E-state index contributed by atoms with van der Waals surface area (Å²) in [6, 6.07) is 0. The normalized spacial score (nSPS) is 25.2. The Morgan fingerprint density at radius 1 is 1.38 bits per heavy atom. The summed E-state index contributed by atoms with van der Waals surface area (Å²) in [6.07, 6.45) is 5.14. The Kier molecular flexibility index (Phi) is 2.65. The maximum Gasteiger partial charge on any atom is 0.0997 e. The molecule has 0 bridgehead atoms.